The Morgan fingerprint density at radius 3 is 1.93 bits per heavy atom. The van der Waals surface area contributed by atoms with Gasteiger partial charge in [0.25, 0.3) is 0 Å². The molecule has 0 heterocycles. The van der Waals surface area contributed by atoms with Gasteiger partial charge in [-0.05, 0) is 109 Å². The highest BCUT2D eigenvalue weighted by atomic mass is 16.6. The standard InChI is InChI=1S/C20H32O2.C6H12O2/c1-5-19(3,4)18(21)22-20(6-2)11-14-10-15(20)17-13-8-7-12(9-13)16(14)17;1-4-6(2,3)5(7)8/h12-17H,5-11H2,1-4H3;4H2,1-3H3,(H,7,8). The predicted molar refractivity (Wildman–Crippen MR) is 119 cm³/mol. The average molecular weight is 421 g/mol. The largest absolute Gasteiger partial charge is 0.481 e. The molecule has 4 bridgehead atoms. The van der Waals surface area contributed by atoms with Crippen LogP contribution >= 0.6 is 0 Å². The van der Waals surface area contributed by atoms with Crippen LogP contribution in [-0.2, 0) is 14.3 Å². The van der Waals surface area contributed by atoms with Crippen LogP contribution in [0.1, 0.15) is 99.8 Å². The number of ether oxygens (including phenoxy) is 1. The molecule has 30 heavy (non-hydrogen) atoms. The molecule has 4 rings (SSSR count). The molecule has 4 fully saturated rings. The van der Waals surface area contributed by atoms with Gasteiger partial charge in [0.15, 0.2) is 0 Å². The molecule has 0 aromatic heterocycles. The number of esters is 1. The molecule has 0 amide bonds. The van der Waals surface area contributed by atoms with Crippen LogP contribution in [0.25, 0.3) is 0 Å². The SMILES string of the molecule is CCC(C)(C)C(=O)O.CCC(C)(C)C(=O)OC1(CC)CC2CC1C1C3CCC(C3)C21. The number of hydrogen-bond donors (Lipinski definition) is 1. The van der Waals surface area contributed by atoms with Gasteiger partial charge in [0.05, 0.1) is 10.8 Å². The Morgan fingerprint density at radius 2 is 1.47 bits per heavy atom. The van der Waals surface area contributed by atoms with Crippen LogP contribution in [0.3, 0.4) is 0 Å². The van der Waals surface area contributed by atoms with Crippen LogP contribution in [0, 0.1) is 46.3 Å². The maximum absolute atomic E-state index is 12.7. The van der Waals surface area contributed by atoms with Gasteiger partial charge in [0.1, 0.15) is 5.60 Å². The van der Waals surface area contributed by atoms with Crippen LogP contribution in [0.4, 0.5) is 0 Å². The van der Waals surface area contributed by atoms with Gasteiger partial charge < -0.3 is 9.84 Å². The Balaban J connectivity index is 0.000000275. The monoisotopic (exact) mass is 420 g/mol. The number of carbonyl (C=O) groups is 2. The van der Waals surface area contributed by atoms with E-state index in [1.165, 1.54) is 25.7 Å². The summed E-state index contributed by atoms with van der Waals surface area (Å²) >= 11 is 0. The van der Waals surface area contributed by atoms with Crippen LogP contribution in [0.15, 0.2) is 0 Å². The summed E-state index contributed by atoms with van der Waals surface area (Å²) in [5.74, 6) is 4.68. The lowest BCUT2D eigenvalue weighted by Gasteiger charge is -2.46. The van der Waals surface area contributed by atoms with Crippen molar-refractivity contribution < 1.29 is 19.4 Å². The van der Waals surface area contributed by atoms with Gasteiger partial charge in [-0.15, -0.1) is 0 Å². The van der Waals surface area contributed by atoms with Crippen LogP contribution in [-0.4, -0.2) is 22.6 Å². The van der Waals surface area contributed by atoms with Crippen molar-refractivity contribution in [3.63, 3.8) is 0 Å². The summed E-state index contributed by atoms with van der Waals surface area (Å²) in [6.07, 6.45) is 9.47. The first-order valence-electron chi connectivity index (χ1n) is 12.4. The van der Waals surface area contributed by atoms with E-state index in [1.807, 2.05) is 20.8 Å². The first-order valence-corrected chi connectivity index (χ1v) is 12.4. The lowest BCUT2D eigenvalue weighted by atomic mass is 9.65. The van der Waals surface area contributed by atoms with E-state index in [-0.39, 0.29) is 17.0 Å². The first-order chi connectivity index (χ1) is 13.9. The van der Waals surface area contributed by atoms with E-state index in [2.05, 4.69) is 13.8 Å². The first kappa shape index (κ1) is 23.6. The highest BCUT2D eigenvalue weighted by Gasteiger charge is 2.67. The number of hydrogen-bond acceptors (Lipinski definition) is 3. The van der Waals surface area contributed by atoms with Crippen molar-refractivity contribution in [2.75, 3.05) is 0 Å². The van der Waals surface area contributed by atoms with Gasteiger partial charge >= 0.3 is 11.9 Å². The zero-order chi connectivity index (χ0) is 22.5. The zero-order valence-electron chi connectivity index (χ0n) is 20.3. The Bertz CT molecular complexity index is 666. The number of fused-ring (bicyclic) bond motifs is 9. The second kappa shape index (κ2) is 8.13. The lowest BCUT2D eigenvalue weighted by molar-refractivity contribution is -0.183. The van der Waals surface area contributed by atoms with Crippen LogP contribution in [0.2, 0.25) is 0 Å². The molecule has 0 saturated heterocycles. The van der Waals surface area contributed by atoms with Gasteiger partial charge in [-0.3, -0.25) is 9.59 Å². The summed E-state index contributed by atoms with van der Waals surface area (Å²) in [5.41, 5.74) is -1.00. The van der Waals surface area contributed by atoms with Crippen molar-refractivity contribution in [3.05, 3.63) is 0 Å². The van der Waals surface area contributed by atoms with E-state index >= 15 is 0 Å². The molecule has 7 unspecified atom stereocenters. The van der Waals surface area contributed by atoms with E-state index < -0.39 is 11.4 Å². The minimum atomic E-state index is -0.722. The number of rotatable bonds is 6. The molecule has 0 aromatic carbocycles. The highest BCUT2D eigenvalue weighted by molar-refractivity contribution is 5.76. The number of aliphatic carboxylic acids is 1. The average Bonchev–Trinajstić information content (AvgIpc) is 3.47. The van der Waals surface area contributed by atoms with Gasteiger partial charge in [-0.1, -0.05) is 20.8 Å². The summed E-state index contributed by atoms with van der Waals surface area (Å²) in [6.45, 7) is 13.7. The third kappa shape index (κ3) is 3.81. The second-order valence-corrected chi connectivity index (χ2v) is 11.9. The molecule has 0 radical (unpaired) electrons. The maximum atomic E-state index is 12.7. The summed E-state index contributed by atoms with van der Waals surface area (Å²) in [6, 6.07) is 0. The fraction of sp³-hybridized carbons (Fsp3) is 0.923. The van der Waals surface area contributed by atoms with Gasteiger partial charge in [-0.2, -0.15) is 0 Å². The normalized spacial score (nSPS) is 38.8. The molecule has 4 aliphatic rings. The summed E-state index contributed by atoms with van der Waals surface area (Å²) in [7, 11) is 0. The molecular formula is C26H44O4. The Kier molecular flexibility index (Phi) is 6.40. The number of carbonyl (C=O) groups excluding carboxylic acids is 1. The van der Waals surface area contributed by atoms with E-state index in [1.54, 1.807) is 13.8 Å². The van der Waals surface area contributed by atoms with E-state index in [0.717, 1.165) is 48.9 Å². The van der Waals surface area contributed by atoms with Gasteiger partial charge in [0.2, 0.25) is 0 Å². The van der Waals surface area contributed by atoms with Crippen LogP contribution < -0.4 is 0 Å². The van der Waals surface area contributed by atoms with Crippen molar-refractivity contribution in [2.45, 2.75) is 105 Å². The topological polar surface area (TPSA) is 63.6 Å². The third-order valence-electron chi connectivity index (χ3n) is 9.69. The Hall–Kier alpha value is -1.06. The third-order valence-corrected chi connectivity index (χ3v) is 9.69. The predicted octanol–water partition coefficient (Wildman–Crippen LogP) is 6.32. The van der Waals surface area contributed by atoms with Crippen LogP contribution in [0.5, 0.6) is 0 Å². The van der Waals surface area contributed by atoms with E-state index in [4.69, 9.17) is 9.84 Å². The summed E-state index contributed by atoms with van der Waals surface area (Å²) in [4.78, 5) is 23.0. The van der Waals surface area contributed by atoms with Crippen molar-refractivity contribution in [2.24, 2.45) is 46.3 Å². The van der Waals surface area contributed by atoms with Crippen molar-refractivity contribution >= 4 is 11.9 Å². The molecular weight excluding hydrogens is 376 g/mol. The quantitative estimate of drug-likeness (QED) is 0.403. The fourth-order valence-corrected chi connectivity index (χ4v) is 6.91. The minimum Gasteiger partial charge on any atom is -0.481 e. The lowest BCUT2D eigenvalue weighted by Crippen LogP contribution is -2.49. The minimum absolute atomic E-state index is 0.0455. The molecule has 7 atom stereocenters. The smallest absolute Gasteiger partial charge is 0.312 e. The number of carboxylic acid groups (broad SMARTS) is 1. The molecule has 4 nitrogen and oxygen atoms in total. The van der Waals surface area contributed by atoms with Gasteiger partial charge in [0, 0.05) is 5.92 Å². The molecule has 4 saturated carbocycles. The molecule has 1 N–H and O–H groups in total. The molecule has 0 aromatic rings. The number of carboxylic acids is 1. The molecule has 172 valence electrons. The molecule has 0 spiro atoms. The maximum Gasteiger partial charge on any atom is 0.312 e. The molecule has 0 aliphatic heterocycles. The Labute approximate surface area is 183 Å². The van der Waals surface area contributed by atoms with E-state index in [0.29, 0.717) is 12.3 Å². The van der Waals surface area contributed by atoms with E-state index in [9.17, 15) is 9.59 Å². The fourth-order valence-electron chi connectivity index (χ4n) is 6.91. The molecule has 4 heteroatoms. The van der Waals surface area contributed by atoms with Gasteiger partial charge in [-0.25, -0.2) is 0 Å². The van der Waals surface area contributed by atoms with Crippen molar-refractivity contribution in [1.82, 2.24) is 0 Å². The summed E-state index contributed by atoms with van der Waals surface area (Å²) < 4.78 is 6.31. The van der Waals surface area contributed by atoms with Crippen molar-refractivity contribution in [1.29, 1.82) is 0 Å². The van der Waals surface area contributed by atoms with Crippen molar-refractivity contribution in [3.8, 4) is 0 Å². The zero-order valence-corrected chi connectivity index (χ0v) is 20.3. The molecule has 4 aliphatic carbocycles. The summed E-state index contributed by atoms with van der Waals surface area (Å²) in [5, 5.41) is 8.44. The highest BCUT2D eigenvalue weighted by Crippen LogP contribution is 2.70. The second-order valence-electron chi connectivity index (χ2n) is 11.9. The Morgan fingerprint density at radius 1 is 0.900 bits per heavy atom.